The van der Waals surface area contributed by atoms with E-state index in [1.165, 1.54) is 12.1 Å². The van der Waals surface area contributed by atoms with E-state index in [1.807, 2.05) is 24.3 Å². The lowest BCUT2D eigenvalue weighted by atomic mass is 10.0. The molecule has 1 aromatic heterocycles. The Morgan fingerprint density at radius 2 is 1.84 bits per heavy atom. The van der Waals surface area contributed by atoms with Crippen LogP contribution in [0.2, 0.25) is 0 Å². The van der Waals surface area contributed by atoms with E-state index in [0.29, 0.717) is 17.1 Å². The second-order valence-electron chi connectivity index (χ2n) is 5.91. The highest BCUT2D eigenvalue weighted by Gasteiger charge is 2.11. The number of rotatable bonds is 5. The Bertz CT molecular complexity index is 955. The average Bonchev–Trinajstić information content (AvgIpc) is 2.59. The number of carbonyl (C=O) groups excluding carboxylic acids is 1. The van der Waals surface area contributed by atoms with Crippen LogP contribution in [-0.2, 0) is 4.79 Å². The minimum Gasteiger partial charge on any atom is -0.482 e. The molecular weight excluding hydrogens is 320 g/mol. The van der Waals surface area contributed by atoms with Crippen molar-refractivity contribution in [1.82, 2.24) is 0 Å². The fourth-order valence-corrected chi connectivity index (χ4v) is 2.49. The van der Waals surface area contributed by atoms with Crippen molar-refractivity contribution < 1.29 is 18.7 Å². The maximum atomic E-state index is 12.0. The summed E-state index contributed by atoms with van der Waals surface area (Å²) >= 11 is 0. The van der Waals surface area contributed by atoms with Crippen LogP contribution in [0.1, 0.15) is 25.3 Å². The maximum Gasteiger partial charge on any atom is 0.349 e. The largest absolute Gasteiger partial charge is 0.482 e. The molecule has 1 heterocycles. The van der Waals surface area contributed by atoms with E-state index >= 15 is 0 Å². The van der Waals surface area contributed by atoms with Crippen molar-refractivity contribution in [3.8, 4) is 11.5 Å². The number of carbonyl (C=O) groups is 1. The Hall–Kier alpha value is -3.08. The van der Waals surface area contributed by atoms with Gasteiger partial charge in [0, 0.05) is 17.5 Å². The Kier molecular flexibility index (Phi) is 4.84. The molecule has 0 N–H and O–H groups in total. The molecule has 128 valence electrons. The zero-order valence-corrected chi connectivity index (χ0v) is 14.0. The summed E-state index contributed by atoms with van der Waals surface area (Å²) in [4.78, 5) is 23.3. The molecule has 0 atom stereocenters. The van der Waals surface area contributed by atoms with Crippen LogP contribution in [0.15, 0.2) is 63.8 Å². The van der Waals surface area contributed by atoms with Crippen molar-refractivity contribution in [2.75, 3.05) is 6.61 Å². The predicted molar refractivity (Wildman–Crippen MR) is 94.1 cm³/mol. The molecular formula is C20H18O5. The summed E-state index contributed by atoms with van der Waals surface area (Å²) < 4.78 is 15.9. The molecule has 2 aromatic carbocycles. The second-order valence-corrected chi connectivity index (χ2v) is 5.91. The molecule has 0 saturated carbocycles. The van der Waals surface area contributed by atoms with E-state index in [9.17, 15) is 9.59 Å². The fourth-order valence-electron chi connectivity index (χ4n) is 2.49. The van der Waals surface area contributed by atoms with Gasteiger partial charge in [-0.15, -0.1) is 0 Å². The van der Waals surface area contributed by atoms with E-state index in [2.05, 4.69) is 13.8 Å². The number of hydrogen-bond donors (Lipinski definition) is 0. The molecule has 0 aliphatic heterocycles. The lowest BCUT2D eigenvalue weighted by Gasteiger charge is -2.13. The minimum atomic E-state index is -0.531. The van der Waals surface area contributed by atoms with Crippen LogP contribution in [0.5, 0.6) is 11.5 Å². The van der Waals surface area contributed by atoms with Crippen LogP contribution in [-0.4, -0.2) is 12.6 Å². The quantitative estimate of drug-likeness (QED) is 0.401. The molecule has 0 radical (unpaired) electrons. The van der Waals surface area contributed by atoms with E-state index in [-0.39, 0.29) is 12.5 Å². The first-order chi connectivity index (χ1) is 12.0. The van der Waals surface area contributed by atoms with E-state index in [4.69, 9.17) is 13.9 Å². The van der Waals surface area contributed by atoms with Gasteiger partial charge in [0.1, 0.15) is 17.1 Å². The molecule has 0 saturated heterocycles. The summed E-state index contributed by atoms with van der Waals surface area (Å²) in [7, 11) is 0. The minimum absolute atomic E-state index is 0.208. The number of para-hydroxylation sites is 1. The molecule has 5 heteroatoms. The molecule has 0 aliphatic carbocycles. The fraction of sp³-hybridized carbons (Fsp3) is 0.200. The van der Waals surface area contributed by atoms with Crippen LogP contribution >= 0.6 is 0 Å². The van der Waals surface area contributed by atoms with Crippen LogP contribution < -0.4 is 15.1 Å². The Balaban J connectivity index is 1.68. The van der Waals surface area contributed by atoms with Crippen molar-refractivity contribution in [3.05, 3.63) is 70.6 Å². The third-order valence-corrected chi connectivity index (χ3v) is 3.71. The highest BCUT2D eigenvalue weighted by atomic mass is 16.6. The number of benzene rings is 2. The Labute approximate surface area is 144 Å². The molecule has 0 unspecified atom stereocenters. The van der Waals surface area contributed by atoms with Crippen molar-refractivity contribution in [2.24, 2.45) is 0 Å². The molecule has 5 nitrogen and oxygen atoms in total. The van der Waals surface area contributed by atoms with Crippen LogP contribution in [0.4, 0.5) is 0 Å². The lowest BCUT2D eigenvalue weighted by molar-refractivity contribution is -0.136. The van der Waals surface area contributed by atoms with E-state index < -0.39 is 11.6 Å². The van der Waals surface area contributed by atoms with Gasteiger partial charge >= 0.3 is 11.6 Å². The topological polar surface area (TPSA) is 65.7 Å². The van der Waals surface area contributed by atoms with Gasteiger partial charge < -0.3 is 13.9 Å². The van der Waals surface area contributed by atoms with Gasteiger partial charge in [0.2, 0.25) is 0 Å². The lowest BCUT2D eigenvalue weighted by Crippen LogP contribution is -2.18. The van der Waals surface area contributed by atoms with Crippen LogP contribution in [0.3, 0.4) is 0 Å². The monoisotopic (exact) mass is 338 g/mol. The summed E-state index contributed by atoms with van der Waals surface area (Å²) in [6.07, 6.45) is 0. The average molecular weight is 338 g/mol. The van der Waals surface area contributed by atoms with Gasteiger partial charge in [0.05, 0.1) is 0 Å². The highest BCUT2D eigenvalue weighted by molar-refractivity contribution is 5.80. The number of ether oxygens (including phenoxy) is 2. The van der Waals surface area contributed by atoms with Gasteiger partial charge in [-0.3, -0.25) is 0 Å². The Morgan fingerprint density at radius 3 is 2.64 bits per heavy atom. The molecule has 0 fully saturated rings. The number of fused-ring (bicyclic) bond motifs is 1. The van der Waals surface area contributed by atoms with Crippen LogP contribution in [0, 0.1) is 0 Å². The number of hydrogen-bond acceptors (Lipinski definition) is 5. The molecule has 3 rings (SSSR count). The molecule has 0 amide bonds. The molecule has 0 spiro atoms. The second kappa shape index (κ2) is 7.21. The van der Waals surface area contributed by atoms with E-state index in [0.717, 1.165) is 10.9 Å². The Morgan fingerprint density at radius 1 is 1.08 bits per heavy atom. The molecule has 0 aliphatic rings. The van der Waals surface area contributed by atoms with Gasteiger partial charge in [0.25, 0.3) is 0 Å². The van der Waals surface area contributed by atoms with Crippen molar-refractivity contribution >= 4 is 16.9 Å². The first-order valence-electron chi connectivity index (χ1n) is 7.99. The zero-order valence-electron chi connectivity index (χ0n) is 14.0. The van der Waals surface area contributed by atoms with Gasteiger partial charge in [0.15, 0.2) is 6.61 Å². The smallest absolute Gasteiger partial charge is 0.349 e. The summed E-state index contributed by atoms with van der Waals surface area (Å²) in [6, 6.07) is 15.5. The standard InChI is InChI=1S/C20H18O5/c1-13(2)16-5-3-4-6-17(16)23-12-20(22)24-15-9-7-14-8-10-19(21)25-18(14)11-15/h3-11,13H,12H2,1-2H3. The predicted octanol–water partition coefficient (Wildman–Crippen LogP) is 3.90. The van der Waals surface area contributed by atoms with Crippen molar-refractivity contribution in [3.63, 3.8) is 0 Å². The summed E-state index contributed by atoms with van der Waals surface area (Å²) in [5, 5.41) is 0.751. The SMILES string of the molecule is CC(C)c1ccccc1OCC(=O)Oc1ccc2ccc(=O)oc2c1. The third-order valence-electron chi connectivity index (χ3n) is 3.71. The first kappa shape index (κ1) is 16.8. The van der Waals surface area contributed by atoms with Gasteiger partial charge in [-0.05, 0) is 35.7 Å². The molecule has 3 aromatic rings. The maximum absolute atomic E-state index is 12.0. The number of esters is 1. The first-order valence-corrected chi connectivity index (χ1v) is 7.99. The summed E-state index contributed by atoms with van der Waals surface area (Å²) in [5.41, 5.74) is 0.941. The molecule has 25 heavy (non-hydrogen) atoms. The third kappa shape index (κ3) is 4.07. The summed E-state index contributed by atoms with van der Waals surface area (Å²) in [6.45, 7) is 3.91. The molecule has 0 bridgehead atoms. The zero-order chi connectivity index (χ0) is 17.8. The van der Waals surface area contributed by atoms with Gasteiger partial charge in [-0.25, -0.2) is 9.59 Å². The van der Waals surface area contributed by atoms with E-state index in [1.54, 1.807) is 18.2 Å². The van der Waals surface area contributed by atoms with Gasteiger partial charge in [-0.1, -0.05) is 32.0 Å². The van der Waals surface area contributed by atoms with Crippen molar-refractivity contribution in [2.45, 2.75) is 19.8 Å². The highest BCUT2D eigenvalue weighted by Crippen LogP contribution is 2.26. The van der Waals surface area contributed by atoms with Gasteiger partial charge in [-0.2, -0.15) is 0 Å². The van der Waals surface area contributed by atoms with Crippen LogP contribution in [0.25, 0.3) is 11.0 Å². The van der Waals surface area contributed by atoms with Crippen molar-refractivity contribution in [1.29, 1.82) is 0 Å². The normalized spacial score (nSPS) is 10.8. The summed E-state index contributed by atoms with van der Waals surface area (Å²) in [5.74, 6) is 0.721.